The molecule has 2 aliphatic carbocycles. The molecule has 4 heteroatoms. The summed E-state index contributed by atoms with van der Waals surface area (Å²) in [5.41, 5.74) is 1.25. The largest absolute Gasteiger partial charge is 0.478 e. The third kappa shape index (κ3) is 3.63. The number of hydrogen-bond acceptors (Lipinski definition) is 2. The highest BCUT2D eigenvalue weighted by Gasteiger charge is 2.45. The van der Waals surface area contributed by atoms with Gasteiger partial charge in [0.2, 0.25) is 5.91 Å². The standard InChI is InChI=1S/C17H21NO3/c19-16(15(12-4-5-12)13-6-7-13)18-9-8-11-2-1-3-14(10-11)17(20)21/h1-3,10,12-13,15H,4-9H2,(H,18,19)(H,20,21). The highest BCUT2D eigenvalue weighted by molar-refractivity contribution is 5.87. The van der Waals surface area contributed by atoms with E-state index >= 15 is 0 Å². The van der Waals surface area contributed by atoms with Crippen LogP contribution in [0.3, 0.4) is 0 Å². The summed E-state index contributed by atoms with van der Waals surface area (Å²) in [7, 11) is 0. The van der Waals surface area contributed by atoms with Crippen molar-refractivity contribution in [3.8, 4) is 0 Å². The van der Waals surface area contributed by atoms with Crippen LogP contribution in [0.2, 0.25) is 0 Å². The summed E-state index contributed by atoms with van der Waals surface area (Å²) in [6.07, 6.45) is 5.49. The molecule has 0 atom stereocenters. The summed E-state index contributed by atoms with van der Waals surface area (Å²) >= 11 is 0. The molecule has 0 heterocycles. The number of carboxylic acid groups (broad SMARTS) is 1. The summed E-state index contributed by atoms with van der Waals surface area (Å²) in [5, 5.41) is 12.0. The van der Waals surface area contributed by atoms with E-state index in [4.69, 9.17) is 5.11 Å². The van der Waals surface area contributed by atoms with Crippen LogP contribution in [0.5, 0.6) is 0 Å². The van der Waals surface area contributed by atoms with Gasteiger partial charge in [-0.2, -0.15) is 0 Å². The second-order valence-electron chi connectivity index (χ2n) is 6.25. The first-order valence-electron chi connectivity index (χ1n) is 7.75. The molecule has 0 spiro atoms. The van der Waals surface area contributed by atoms with Crippen molar-refractivity contribution in [2.24, 2.45) is 17.8 Å². The van der Waals surface area contributed by atoms with Crippen molar-refractivity contribution >= 4 is 11.9 Å². The van der Waals surface area contributed by atoms with Crippen molar-refractivity contribution in [2.45, 2.75) is 32.1 Å². The summed E-state index contributed by atoms with van der Waals surface area (Å²) < 4.78 is 0. The summed E-state index contributed by atoms with van der Waals surface area (Å²) in [6.45, 7) is 0.581. The average Bonchev–Trinajstić information content (AvgIpc) is 3.34. The Morgan fingerprint density at radius 2 is 1.86 bits per heavy atom. The molecule has 2 saturated carbocycles. The van der Waals surface area contributed by atoms with Crippen molar-refractivity contribution < 1.29 is 14.7 Å². The lowest BCUT2D eigenvalue weighted by molar-refractivity contribution is -0.126. The van der Waals surface area contributed by atoms with Crippen LogP contribution >= 0.6 is 0 Å². The molecule has 2 N–H and O–H groups in total. The van der Waals surface area contributed by atoms with Crippen LogP contribution in [0.25, 0.3) is 0 Å². The normalized spacial score (nSPS) is 17.8. The first-order chi connectivity index (χ1) is 10.1. The Bertz CT molecular complexity index is 535. The first-order valence-corrected chi connectivity index (χ1v) is 7.75. The van der Waals surface area contributed by atoms with Crippen LogP contribution in [-0.4, -0.2) is 23.5 Å². The van der Waals surface area contributed by atoms with Crippen molar-refractivity contribution in [1.82, 2.24) is 5.32 Å². The van der Waals surface area contributed by atoms with Gasteiger partial charge in [0, 0.05) is 12.5 Å². The first kappa shape index (κ1) is 14.1. The fourth-order valence-electron chi connectivity index (χ4n) is 3.03. The topological polar surface area (TPSA) is 66.4 Å². The summed E-state index contributed by atoms with van der Waals surface area (Å²) in [5.74, 6) is 0.758. The highest BCUT2D eigenvalue weighted by Crippen LogP contribution is 2.49. The van der Waals surface area contributed by atoms with Gasteiger partial charge in [0.15, 0.2) is 0 Å². The Balaban J connectivity index is 1.50. The van der Waals surface area contributed by atoms with Gasteiger partial charge >= 0.3 is 5.97 Å². The maximum atomic E-state index is 12.3. The van der Waals surface area contributed by atoms with Crippen molar-refractivity contribution in [2.75, 3.05) is 6.54 Å². The lowest BCUT2D eigenvalue weighted by Gasteiger charge is -2.15. The molecule has 4 nitrogen and oxygen atoms in total. The van der Waals surface area contributed by atoms with Gasteiger partial charge in [0.05, 0.1) is 5.56 Å². The molecule has 2 aliphatic rings. The molecular weight excluding hydrogens is 266 g/mol. The molecule has 0 aliphatic heterocycles. The molecule has 0 radical (unpaired) electrons. The number of nitrogens with one attached hydrogen (secondary N) is 1. The SMILES string of the molecule is O=C(O)c1cccc(CCNC(=O)C(C2CC2)C2CC2)c1. The van der Waals surface area contributed by atoms with E-state index in [1.54, 1.807) is 18.2 Å². The van der Waals surface area contributed by atoms with Gasteiger partial charge in [0.25, 0.3) is 0 Å². The van der Waals surface area contributed by atoms with Gasteiger partial charge in [-0.05, 0) is 61.6 Å². The summed E-state index contributed by atoms with van der Waals surface area (Å²) in [6, 6.07) is 6.91. The average molecular weight is 287 g/mol. The second kappa shape index (κ2) is 5.88. The van der Waals surface area contributed by atoms with E-state index in [-0.39, 0.29) is 11.8 Å². The molecule has 112 valence electrons. The van der Waals surface area contributed by atoms with Gasteiger partial charge in [0.1, 0.15) is 0 Å². The fraction of sp³-hybridized carbons (Fsp3) is 0.529. The van der Waals surface area contributed by atoms with Gasteiger partial charge in [-0.1, -0.05) is 12.1 Å². The third-order valence-corrected chi connectivity index (χ3v) is 4.45. The molecular formula is C17H21NO3. The van der Waals surface area contributed by atoms with Crippen LogP contribution in [0.1, 0.15) is 41.6 Å². The Morgan fingerprint density at radius 3 is 2.43 bits per heavy atom. The second-order valence-corrected chi connectivity index (χ2v) is 6.25. The monoisotopic (exact) mass is 287 g/mol. The van der Waals surface area contributed by atoms with Gasteiger partial charge < -0.3 is 10.4 Å². The molecule has 2 fully saturated rings. The van der Waals surface area contributed by atoms with Crippen molar-refractivity contribution in [3.63, 3.8) is 0 Å². The number of carbonyl (C=O) groups excluding carboxylic acids is 1. The van der Waals surface area contributed by atoms with Crippen LogP contribution in [0, 0.1) is 17.8 Å². The molecule has 21 heavy (non-hydrogen) atoms. The van der Waals surface area contributed by atoms with Crippen LogP contribution in [0.4, 0.5) is 0 Å². The number of amides is 1. The number of aromatic carboxylic acids is 1. The van der Waals surface area contributed by atoms with Crippen LogP contribution < -0.4 is 5.32 Å². The number of rotatable bonds is 7. The minimum Gasteiger partial charge on any atom is -0.478 e. The molecule has 3 rings (SSSR count). The van der Waals surface area contributed by atoms with E-state index in [0.29, 0.717) is 30.4 Å². The molecule has 0 saturated heterocycles. The predicted molar refractivity (Wildman–Crippen MR) is 79.1 cm³/mol. The van der Waals surface area contributed by atoms with Gasteiger partial charge in [-0.25, -0.2) is 4.79 Å². The zero-order chi connectivity index (χ0) is 14.8. The predicted octanol–water partition coefficient (Wildman–Crippen LogP) is 2.48. The minimum absolute atomic E-state index is 0.203. The number of hydrogen-bond donors (Lipinski definition) is 2. The number of carboxylic acids is 1. The van der Waals surface area contributed by atoms with Crippen molar-refractivity contribution in [3.05, 3.63) is 35.4 Å². The zero-order valence-corrected chi connectivity index (χ0v) is 12.0. The molecule has 0 bridgehead atoms. The maximum Gasteiger partial charge on any atom is 0.335 e. The molecule has 1 aromatic rings. The Morgan fingerprint density at radius 1 is 1.19 bits per heavy atom. The van der Waals surface area contributed by atoms with Crippen molar-refractivity contribution in [1.29, 1.82) is 0 Å². The van der Waals surface area contributed by atoms with Gasteiger partial charge in [-0.15, -0.1) is 0 Å². The highest BCUT2D eigenvalue weighted by atomic mass is 16.4. The lowest BCUT2D eigenvalue weighted by atomic mass is 9.97. The quantitative estimate of drug-likeness (QED) is 0.809. The maximum absolute atomic E-state index is 12.3. The van der Waals surface area contributed by atoms with E-state index in [9.17, 15) is 9.59 Å². The van der Waals surface area contributed by atoms with E-state index in [0.717, 1.165) is 5.56 Å². The van der Waals surface area contributed by atoms with Crippen LogP contribution in [-0.2, 0) is 11.2 Å². The van der Waals surface area contributed by atoms with E-state index in [1.165, 1.54) is 25.7 Å². The molecule has 1 aromatic carbocycles. The Labute approximate surface area is 124 Å². The smallest absolute Gasteiger partial charge is 0.335 e. The lowest BCUT2D eigenvalue weighted by Crippen LogP contribution is -2.34. The minimum atomic E-state index is -0.914. The summed E-state index contributed by atoms with van der Waals surface area (Å²) in [4.78, 5) is 23.2. The molecule has 0 aromatic heterocycles. The van der Waals surface area contributed by atoms with E-state index in [1.807, 2.05) is 6.07 Å². The molecule has 0 unspecified atom stereocenters. The zero-order valence-electron chi connectivity index (χ0n) is 12.0. The number of carbonyl (C=O) groups is 2. The molecule has 1 amide bonds. The van der Waals surface area contributed by atoms with Gasteiger partial charge in [-0.3, -0.25) is 4.79 Å². The Kier molecular flexibility index (Phi) is 3.95. The number of benzene rings is 1. The van der Waals surface area contributed by atoms with Crippen LogP contribution in [0.15, 0.2) is 24.3 Å². The third-order valence-electron chi connectivity index (χ3n) is 4.45. The Hall–Kier alpha value is -1.84. The fourth-order valence-corrected chi connectivity index (χ4v) is 3.03. The van der Waals surface area contributed by atoms with E-state index in [2.05, 4.69) is 5.32 Å². The van der Waals surface area contributed by atoms with E-state index < -0.39 is 5.97 Å².